The molecule has 6 N–H and O–H groups in total. The highest BCUT2D eigenvalue weighted by molar-refractivity contribution is 5.94. The zero-order valence-corrected chi connectivity index (χ0v) is 17.6. The van der Waals surface area contributed by atoms with Crippen LogP contribution in [0.25, 0.3) is 0 Å². The monoisotopic (exact) mass is 428 g/mol. The van der Waals surface area contributed by atoms with Crippen molar-refractivity contribution in [3.8, 4) is 0 Å². The van der Waals surface area contributed by atoms with E-state index in [-0.39, 0.29) is 12.3 Å². The molecule has 1 saturated heterocycles. The van der Waals surface area contributed by atoms with E-state index in [9.17, 15) is 29.1 Å². The van der Waals surface area contributed by atoms with Crippen LogP contribution in [0.3, 0.4) is 0 Å². The molecule has 1 fully saturated rings. The summed E-state index contributed by atoms with van der Waals surface area (Å²) in [5.74, 6) is -3.88. The fraction of sp³-hybridized carbons (Fsp3) is 0.737. The summed E-state index contributed by atoms with van der Waals surface area (Å²) in [6.45, 7) is 5.65. The third kappa shape index (κ3) is 7.62. The van der Waals surface area contributed by atoms with Gasteiger partial charge >= 0.3 is 11.9 Å². The van der Waals surface area contributed by atoms with E-state index in [0.29, 0.717) is 25.8 Å². The first-order chi connectivity index (χ1) is 13.9. The predicted molar refractivity (Wildman–Crippen MR) is 106 cm³/mol. The predicted octanol–water partition coefficient (Wildman–Crippen LogP) is -0.710. The van der Waals surface area contributed by atoms with Crippen LogP contribution in [-0.2, 0) is 24.0 Å². The Labute approximate surface area is 175 Å². The van der Waals surface area contributed by atoms with Gasteiger partial charge in [0.1, 0.15) is 18.1 Å². The fourth-order valence-corrected chi connectivity index (χ4v) is 3.34. The van der Waals surface area contributed by atoms with E-state index in [1.54, 1.807) is 0 Å². The van der Waals surface area contributed by atoms with Gasteiger partial charge in [0.2, 0.25) is 17.7 Å². The number of aliphatic carboxylic acids is 2. The summed E-state index contributed by atoms with van der Waals surface area (Å²) in [6.07, 6.45) is 0.677. The first-order valence-electron chi connectivity index (χ1n) is 10.0. The van der Waals surface area contributed by atoms with Crippen molar-refractivity contribution < 1.29 is 34.2 Å². The number of hydrogen-bond donors (Lipinski definition) is 5. The average Bonchev–Trinajstić information content (AvgIpc) is 3.12. The standard InChI is InChI=1S/C19H32N4O7/c1-10(2)9-12(20)16(26)21-11(3)18(28)23-8-4-5-14(23)17(27)22-13(19(29)30)6-7-15(24)25/h10-14H,4-9,20H2,1-3H3,(H,21,26)(H,22,27)(H,24,25)(H,29,30). The Morgan fingerprint density at radius 2 is 1.73 bits per heavy atom. The van der Waals surface area contributed by atoms with E-state index in [1.807, 2.05) is 13.8 Å². The number of hydrogen-bond acceptors (Lipinski definition) is 6. The Balaban J connectivity index is 2.73. The molecule has 1 rings (SSSR count). The van der Waals surface area contributed by atoms with E-state index < -0.39 is 60.2 Å². The topological polar surface area (TPSA) is 179 Å². The lowest BCUT2D eigenvalue weighted by atomic mass is 10.0. The molecule has 0 aromatic rings. The van der Waals surface area contributed by atoms with E-state index in [2.05, 4.69) is 10.6 Å². The molecule has 0 aromatic carbocycles. The Bertz CT molecular complexity index is 667. The van der Waals surface area contributed by atoms with Crippen LogP contribution >= 0.6 is 0 Å². The summed E-state index contributed by atoms with van der Waals surface area (Å²) in [6, 6.07) is -3.89. The molecule has 30 heavy (non-hydrogen) atoms. The van der Waals surface area contributed by atoms with E-state index >= 15 is 0 Å². The second-order valence-electron chi connectivity index (χ2n) is 7.99. The molecule has 1 heterocycles. The normalized spacial score (nSPS) is 19.1. The third-order valence-corrected chi connectivity index (χ3v) is 4.89. The summed E-state index contributed by atoms with van der Waals surface area (Å²) < 4.78 is 0. The highest BCUT2D eigenvalue weighted by Crippen LogP contribution is 2.19. The smallest absolute Gasteiger partial charge is 0.326 e. The minimum absolute atomic E-state index is 0.215. The van der Waals surface area contributed by atoms with Crippen molar-refractivity contribution in [2.75, 3.05) is 6.54 Å². The summed E-state index contributed by atoms with van der Waals surface area (Å²) >= 11 is 0. The van der Waals surface area contributed by atoms with Gasteiger partial charge in [0.05, 0.1) is 6.04 Å². The number of nitrogens with two attached hydrogens (primary N) is 1. The van der Waals surface area contributed by atoms with Crippen LogP contribution in [0.5, 0.6) is 0 Å². The second-order valence-corrected chi connectivity index (χ2v) is 7.99. The lowest BCUT2D eigenvalue weighted by Crippen LogP contribution is -2.56. The van der Waals surface area contributed by atoms with Gasteiger partial charge in [-0.2, -0.15) is 0 Å². The number of nitrogens with one attached hydrogen (secondary N) is 2. The van der Waals surface area contributed by atoms with Crippen molar-refractivity contribution in [2.24, 2.45) is 11.7 Å². The number of nitrogens with zero attached hydrogens (tertiary/aromatic N) is 1. The molecule has 1 aliphatic rings. The van der Waals surface area contributed by atoms with E-state index in [1.165, 1.54) is 11.8 Å². The lowest BCUT2D eigenvalue weighted by molar-refractivity contribution is -0.145. The van der Waals surface area contributed by atoms with Crippen LogP contribution in [0.15, 0.2) is 0 Å². The molecule has 0 saturated carbocycles. The summed E-state index contributed by atoms with van der Waals surface area (Å²) in [5, 5.41) is 22.8. The molecule has 11 heteroatoms. The van der Waals surface area contributed by atoms with Crippen molar-refractivity contribution in [1.82, 2.24) is 15.5 Å². The van der Waals surface area contributed by atoms with Gasteiger partial charge in [-0.3, -0.25) is 19.2 Å². The molecule has 170 valence electrons. The average molecular weight is 428 g/mol. The number of carboxylic acid groups (broad SMARTS) is 2. The maximum absolute atomic E-state index is 12.8. The Hall–Kier alpha value is -2.69. The van der Waals surface area contributed by atoms with Crippen LogP contribution in [0.4, 0.5) is 0 Å². The largest absolute Gasteiger partial charge is 0.481 e. The van der Waals surface area contributed by atoms with Gasteiger partial charge in [-0.1, -0.05) is 13.8 Å². The fourth-order valence-electron chi connectivity index (χ4n) is 3.34. The van der Waals surface area contributed by atoms with Crippen molar-refractivity contribution in [2.45, 2.75) is 77.0 Å². The molecule has 1 aliphatic heterocycles. The summed E-state index contributed by atoms with van der Waals surface area (Å²) in [5.41, 5.74) is 5.83. The van der Waals surface area contributed by atoms with Gasteiger partial charge in [0.15, 0.2) is 0 Å². The minimum Gasteiger partial charge on any atom is -0.481 e. The van der Waals surface area contributed by atoms with Gasteiger partial charge in [-0.25, -0.2) is 4.79 Å². The van der Waals surface area contributed by atoms with Gasteiger partial charge < -0.3 is 31.5 Å². The molecule has 3 amide bonds. The SMILES string of the molecule is CC(C)CC(N)C(=O)NC(C)C(=O)N1CCCC1C(=O)NC(CCC(=O)O)C(=O)O. The third-order valence-electron chi connectivity index (χ3n) is 4.89. The molecular weight excluding hydrogens is 396 g/mol. The van der Waals surface area contributed by atoms with E-state index in [0.717, 1.165) is 0 Å². The molecule has 4 unspecified atom stereocenters. The zero-order valence-electron chi connectivity index (χ0n) is 17.6. The summed E-state index contributed by atoms with van der Waals surface area (Å²) in [4.78, 5) is 60.8. The number of likely N-dealkylation sites (tertiary alicyclic amines) is 1. The van der Waals surface area contributed by atoms with Crippen molar-refractivity contribution in [3.63, 3.8) is 0 Å². The minimum atomic E-state index is -1.36. The number of carboxylic acids is 2. The first kappa shape index (κ1) is 25.3. The van der Waals surface area contributed by atoms with E-state index in [4.69, 9.17) is 10.8 Å². The second kappa shape index (κ2) is 11.5. The van der Waals surface area contributed by atoms with Crippen LogP contribution < -0.4 is 16.4 Å². The number of amides is 3. The molecule has 0 aromatic heterocycles. The van der Waals surface area contributed by atoms with Gasteiger partial charge in [-0.05, 0) is 38.5 Å². The highest BCUT2D eigenvalue weighted by Gasteiger charge is 2.38. The number of carbonyl (C=O) groups excluding carboxylic acids is 3. The molecular formula is C19H32N4O7. The van der Waals surface area contributed by atoms with Crippen LogP contribution in [0.2, 0.25) is 0 Å². The van der Waals surface area contributed by atoms with Crippen LogP contribution in [0.1, 0.15) is 52.9 Å². The molecule has 0 bridgehead atoms. The first-order valence-corrected chi connectivity index (χ1v) is 10.0. The van der Waals surface area contributed by atoms with Crippen molar-refractivity contribution >= 4 is 29.7 Å². The lowest BCUT2D eigenvalue weighted by Gasteiger charge is -2.28. The van der Waals surface area contributed by atoms with Gasteiger partial charge in [-0.15, -0.1) is 0 Å². The van der Waals surface area contributed by atoms with Crippen LogP contribution in [-0.4, -0.2) is 75.5 Å². The quantitative estimate of drug-likeness (QED) is 0.286. The highest BCUT2D eigenvalue weighted by atomic mass is 16.4. The van der Waals surface area contributed by atoms with Crippen molar-refractivity contribution in [1.29, 1.82) is 0 Å². The maximum Gasteiger partial charge on any atom is 0.326 e. The zero-order chi connectivity index (χ0) is 23.0. The maximum atomic E-state index is 12.8. The molecule has 0 aliphatic carbocycles. The van der Waals surface area contributed by atoms with Crippen LogP contribution in [0, 0.1) is 5.92 Å². The Morgan fingerprint density at radius 3 is 2.27 bits per heavy atom. The molecule has 0 radical (unpaired) electrons. The van der Waals surface area contributed by atoms with Crippen molar-refractivity contribution in [3.05, 3.63) is 0 Å². The Kier molecular flexibility index (Phi) is 9.70. The van der Waals surface area contributed by atoms with Gasteiger partial charge in [0, 0.05) is 13.0 Å². The molecule has 0 spiro atoms. The molecule has 4 atom stereocenters. The molecule has 11 nitrogen and oxygen atoms in total. The van der Waals surface area contributed by atoms with Gasteiger partial charge in [0.25, 0.3) is 0 Å². The summed E-state index contributed by atoms with van der Waals surface area (Å²) in [7, 11) is 0. The Morgan fingerprint density at radius 1 is 1.10 bits per heavy atom. The number of rotatable bonds is 11. The number of carbonyl (C=O) groups is 5.